The summed E-state index contributed by atoms with van der Waals surface area (Å²) in [5, 5.41) is 5.71. The molecule has 1 aromatic rings. The molecule has 0 bridgehead atoms. The Hall–Kier alpha value is -1.63. The van der Waals surface area contributed by atoms with E-state index in [0.29, 0.717) is 17.8 Å². The van der Waals surface area contributed by atoms with Gasteiger partial charge in [-0.15, -0.1) is 0 Å². The Bertz CT molecular complexity index is 543. The highest BCUT2D eigenvalue weighted by molar-refractivity contribution is 7.90. The van der Waals surface area contributed by atoms with Crippen molar-refractivity contribution >= 4 is 21.4 Å². The molecule has 0 fully saturated rings. The highest BCUT2D eigenvalue weighted by Gasteiger charge is 2.16. The molecule has 0 saturated heterocycles. The number of amides is 1. The molecule has 106 valence electrons. The minimum atomic E-state index is -3.12. The third kappa shape index (κ3) is 5.25. The van der Waals surface area contributed by atoms with Crippen LogP contribution in [0, 0.1) is 0 Å². The molecule has 1 aromatic heterocycles. The first kappa shape index (κ1) is 15.4. The van der Waals surface area contributed by atoms with Crippen LogP contribution in [0.3, 0.4) is 0 Å². The summed E-state index contributed by atoms with van der Waals surface area (Å²) in [4.78, 5) is 16.0. The quantitative estimate of drug-likeness (QED) is 0.802. The van der Waals surface area contributed by atoms with Crippen LogP contribution in [0.15, 0.2) is 18.5 Å². The molecule has 6 nitrogen and oxygen atoms in total. The van der Waals surface area contributed by atoms with Crippen LogP contribution in [0.2, 0.25) is 0 Å². The van der Waals surface area contributed by atoms with Gasteiger partial charge in [0, 0.05) is 31.2 Å². The highest BCUT2D eigenvalue weighted by Crippen LogP contribution is 2.13. The van der Waals surface area contributed by atoms with Crippen molar-refractivity contribution in [1.82, 2.24) is 10.3 Å². The molecule has 19 heavy (non-hydrogen) atoms. The molecule has 1 rings (SSSR count). The lowest BCUT2D eigenvalue weighted by molar-refractivity contribution is 0.0944. The van der Waals surface area contributed by atoms with Crippen molar-refractivity contribution in [3.63, 3.8) is 0 Å². The second-order valence-electron chi connectivity index (χ2n) is 4.42. The average Bonchev–Trinajstić information content (AvgIpc) is 2.27. The van der Waals surface area contributed by atoms with Crippen molar-refractivity contribution in [2.45, 2.75) is 19.9 Å². The molecule has 2 N–H and O–H groups in total. The van der Waals surface area contributed by atoms with E-state index in [-0.39, 0.29) is 11.7 Å². The maximum absolute atomic E-state index is 12.1. The molecule has 0 aliphatic heterocycles. The fourth-order valence-electron chi connectivity index (χ4n) is 1.72. The van der Waals surface area contributed by atoms with Crippen molar-refractivity contribution in [3.8, 4) is 0 Å². The number of sulfone groups is 1. The van der Waals surface area contributed by atoms with Gasteiger partial charge in [0.1, 0.15) is 9.84 Å². The molecule has 0 saturated carbocycles. The predicted octanol–water partition coefficient (Wildman–Crippen LogP) is 0.676. The van der Waals surface area contributed by atoms with Gasteiger partial charge in [0.25, 0.3) is 5.91 Å². The predicted molar refractivity (Wildman–Crippen MR) is 75.0 cm³/mol. The lowest BCUT2D eigenvalue weighted by atomic mass is 10.2. The largest absolute Gasteiger partial charge is 0.385 e. The van der Waals surface area contributed by atoms with Gasteiger partial charge in [-0.3, -0.25) is 9.78 Å². The van der Waals surface area contributed by atoms with E-state index in [9.17, 15) is 13.2 Å². The molecule has 1 unspecified atom stereocenters. The second-order valence-corrected chi connectivity index (χ2v) is 6.60. The van der Waals surface area contributed by atoms with Gasteiger partial charge in [-0.1, -0.05) is 0 Å². The molecule has 0 aliphatic carbocycles. The average molecular weight is 285 g/mol. The topological polar surface area (TPSA) is 88.2 Å². The molecular weight excluding hydrogens is 266 g/mol. The molecule has 1 amide bonds. The van der Waals surface area contributed by atoms with Crippen LogP contribution < -0.4 is 10.6 Å². The Morgan fingerprint density at radius 1 is 1.47 bits per heavy atom. The zero-order chi connectivity index (χ0) is 14.5. The molecule has 0 aromatic carbocycles. The summed E-state index contributed by atoms with van der Waals surface area (Å²) in [5.74, 6) is -0.421. The molecule has 0 aliphatic rings. The van der Waals surface area contributed by atoms with E-state index in [0.717, 1.165) is 6.26 Å². The lowest BCUT2D eigenvalue weighted by Crippen LogP contribution is -2.37. The van der Waals surface area contributed by atoms with Gasteiger partial charge in [0.15, 0.2) is 0 Å². The minimum absolute atomic E-state index is 0.0878. The fraction of sp³-hybridized carbons (Fsp3) is 0.500. The number of hydrogen-bond acceptors (Lipinski definition) is 5. The van der Waals surface area contributed by atoms with Crippen LogP contribution in [0.4, 0.5) is 5.69 Å². The molecule has 0 spiro atoms. The summed E-state index contributed by atoms with van der Waals surface area (Å²) < 4.78 is 22.3. The third-order valence-electron chi connectivity index (χ3n) is 2.36. The molecule has 1 heterocycles. The Balaban J connectivity index is 2.78. The van der Waals surface area contributed by atoms with Crippen molar-refractivity contribution < 1.29 is 13.2 Å². The van der Waals surface area contributed by atoms with Crippen LogP contribution >= 0.6 is 0 Å². The van der Waals surface area contributed by atoms with Crippen LogP contribution in [0.1, 0.15) is 24.2 Å². The van der Waals surface area contributed by atoms with E-state index in [1.54, 1.807) is 19.2 Å². The summed E-state index contributed by atoms with van der Waals surface area (Å²) in [6.07, 6.45) is 4.19. The number of anilines is 1. The van der Waals surface area contributed by atoms with Gasteiger partial charge in [0.05, 0.1) is 17.0 Å². The summed E-state index contributed by atoms with van der Waals surface area (Å²) in [6.45, 7) is 4.26. The third-order valence-corrected chi connectivity index (χ3v) is 3.47. The number of pyridine rings is 1. The molecule has 1 atom stereocenters. The number of carbonyl (C=O) groups is 1. The van der Waals surface area contributed by atoms with Crippen LogP contribution in [0.5, 0.6) is 0 Å². The van der Waals surface area contributed by atoms with Crippen LogP contribution in [-0.4, -0.2) is 43.9 Å². The molecular formula is C12H19N3O3S. The molecule has 0 radical (unpaired) electrons. The monoisotopic (exact) mass is 285 g/mol. The van der Waals surface area contributed by atoms with E-state index in [1.807, 2.05) is 6.92 Å². The first-order valence-electron chi connectivity index (χ1n) is 6.00. The number of carbonyl (C=O) groups excluding carboxylic acids is 1. The summed E-state index contributed by atoms with van der Waals surface area (Å²) in [7, 11) is -3.12. The minimum Gasteiger partial charge on any atom is -0.385 e. The Labute approximate surface area is 113 Å². The number of aromatic nitrogens is 1. The first-order valence-corrected chi connectivity index (χ1v) is 8.06. The Morgan fingerprint density at radius 3 is 2.74 bits per heavy atom. The van der Waals surface area contributed by atoms with Crippen LogP contribution in [-0.2, 0) is 9.84 Å². The van der Waals surface area contributed by atoms with Gasteiger partial charge >= 0.3 is 0 Å². The van der Waals surface area contributed by atoms with E-state index in [4.69, 9.17) is 0 Å². The van der Waals surface area contributed by atoms with E-state index in [1.165, 1.54) is 6.20 Å². The van der Waals surface area contributed by atoms with E-state index < -0.39 is 15.9 Å². The zero-order valence-electron chi connectivity index (χ0n) is 11.3. The molecule has 7 heteroatoms. The van der Waals surface area contributed by atoms with Gasteiger partial charge in [0.2, 0.25) is 0 Å². The van der Waals surface area contributed by atoms with Crippen molar-refractivity contribution in [3.05, 3.63) is 24.0 Å². The van der Waals surface area contributed by atoms with Gasteiger partial charge in [-0.05, 0) is 19.9 Å². The summed E-state index contributed by atoms with van der Waals surface area (Å²) in [5.41, 5.74) is 1.09. The van der Waals surface area contributed by atoms with Crippen molar-refractivity contribution in [1.29, 1.82) is 0 Å². The first-order chi connectivity index (χ1) is 8.83. The number of rotatable bonds is 6. The maximum Gasteiger partial charge on any atom is 0.255 e. The summed E-state index contributed by atoms with van der Waals surface area (Å²) >= 11 is 0. The maximum atomic E-state index is 12.1. The van der Waals surface area contributed by atoms with E-state index >= 15 is 0 Å². The van der Waals surface area contributed by atoms with Crippen molar-refractivity contribution in [2.24, 2.45) is 0 Å². The number of hydrogen-bond donors (Lipinski definition) is 2. The zero-order valence-corrected chi connectivity index (χ0v) is 12.1. The SMILES string of the molecule is CCNc1ccncc1C(=O)NC(C)CS(C)(=O)=O. The summed E-state index contributed by atoms with van der Waals surface area (Å²) in [6, 6.07) is 1.26. The number of nitrogens with zero attached hydrogens (tertiary/aromatic N) is 1. The van der Waals surface area contributed by atoms with Crippen LogP contribution in [0.25, 0.3) is 0 Å². The smallest absolute Gasteiger partial charge is 0.255 e. The lowest BCUT2D eigenvalue weighted by Gasteiger charge is -2.14. The Morgan fingerprint density at radius 2 is 2.16 bits per heavy atom. The normalized spacial score (nSPS) is 12.8. The fourth-order valence-corrected chi connectivity index (χ4v) is 2.71. The second kappa shape index (κ2) is 6.51. The van der Waals surface area contributed by atoms with E-state index in [2.05, 4.69) is 15.6 Å². The highest BCUT2D eigenvalue weighted by atomic mass is 32.2. The number of nitrogens with one attached hydrogen (secondary N) is 2. The van der Waals surface area contributed by atoms with Gasteiger partial charge in [-0.2, -0.15) is 0 Å². The standard InChI is InChI=1S/C12H19N3O3S/c1-4-14-11-5-6-13-7-10(11)12(16)15-9(2)8-19(3,17)18/h5-7,9H,4,8H2,1-3H3,(H,13,14)(H,15,16). The van der Waals surface area contributed by atoms with Crippen molar-refractivity contribution in [2.75, 3.05) is 23.9 Å². The van der Waals surface area contributed by atoms with Gasteiger partial charge < -0.3 is 10.6 Å². The van der Waals surface area contributed by atoms with Gasteiger partial charge in [-0.25, -0.2) is 8.42 Å². The Kier molecular flexibility index (Phi) is 5.29.